The molecule has 13 heavy (non-hydrogen) atoms. The zero-order valence-corrected chi connectivity index (χ0v) is 9.02. The second-order valence-corrected chi connectivity index (χ2v) is 5.26. The van der Waals surface area contributed by atoms with Crippen LogP contribution in [0.5, 0.6) is 0 Å². The average Bonchev–Trinajstić information content (AvgIpc) is 2.50. The summed E-state index contributed by atoms with van der Waals surface area (Å²) in [5.41, 5.74) is 0.203. The molecule has 1 aliphatic carbocycles. The van der Waals surface area contributed by atoms with E-state index in [4.69, 9.17) is 0 Å². The third-order valence-corrected chi connectivity index (χ3v) is 2.52. The Labute approximate surface area is 81.1 Å². The fourth-order valence-electron chi connectivity index (χ4n) is 1.68. The van der Waals surface area contributed by atoms with Crippen LogP contribution >= 0.6 is 0 Å². The molecule has 0 aromatic carbocycles. The number of amides is 1. The van der Waals surface area contributed by atoms with Crippen LogP contribution in [0.3, 0.4) is 0 Å². The Kier molecular flexibility index (Phi) is 3.34. The highest BCUT2D eigenvalue weighted by atomic mass is 16.1. The number of hydrogen-bond acceptors (Lipinski definition) is 1. The standard InChI is InChI=1S/C11H21NO/c1-11(2,3)8-12-10(13)9-6-4-5-7-9/h9H,4-8H2,1-3H3,(H,12,13). The Bertz CT molecular complexity index is 175. The van der Waals surface area contributed by atoms with E-state index in [-0.39, 0.29) is 11.3 Å². The minimum atomic E-state index is 0.203. The molecule has 2 heteroatoms. The van der Waals surface area contributed by atoms with E-state index in [0.717, 1.165) is 19.4 Å². The van der Waals surface area contributed by atoms with Crippen molar-refractivity contribution < 1.29 is 4.79 Å². The SMILES string of the molecule is CC(C)(C)CNC(=O)C1CCCC1. The zero-order chi connectivity index (χ0) is 9.90. The van der Waals surface area contributed by atoms with E-state index in [1.54, 1.807) is 0 Å². The molecule has 1 N–H and O–H groups in total. The van der Waals surface area contributed by atoms with Gasteiger partial charge in [-0.25, -0.2) is 0 Å². The lowest BCUT2D eigenvalue weighted by atomic mass is 9.96. The van der Waals surface area contributed by atoms with Gasteiger partial charge in [-0.3, -0.25) is 4.79 Å². The molecule has 2 nitrogen and oxygen atoms in total. The summed E-state index contributed by atoms with van der Waals surface area (Å²) in [7, 11) is 0. The largest absolute Gasteiger partial charge is 0.355 e. The van der Waals surface area contributed by atoms with E-state index in [0.29, 0.717) is 5.92 Å². The molecule has 0 radical (unpaired) electrons. The molecule has 1 rings (SSSR count). The van der Waals surface area contributed by atoms with Crippen molar-refractivity contribution in [3.8, 4) is 0 Å². The van der Waals surface area contributed by atoms with E-state index in [9.17, 15) is 4.79 Å². The smallest absolute Gasteiger partial charge is 0.223 e. The lowest BCUT2D eigenvalue weighted by molar-refractivity contribution is -0.125. The van der Waals surface area contributed by atoms with Crippen LogP contribution in [0.25, 0.3) is 0 Å². The molecule has 1 fully saturated rings. The molecular weight excluding hydrogens is 162 g/mol. The van der Waals surface area contributed by atoms with Gasteiger partial charge in [-0.05, 0) is 18.3 Å². The van der Waals surface area contributed by atoms with Crippen LogP contribution < -0.4 is 5.32 Å². The molecule has 0 aliphatic heterocycles. The van der Waals surface area contributed by atoms with Gasteiger partial charge in [0, 0.05) is 12.5 Å². The van der Waals surface area contributed by atoms with Crippen LogP contribution in [-0.4, -0.2) is 12.5 Å². The highest BCUT2D eigenvalue weighted by molar-refractivity contribution is 5.78. The number of carbonyl (C=O) groups excluding carboxylic acids is 1. The summed E-state index contributed by atoms with van der Waals surface area (Å²) in [4.78, 5) is 11.6. The Morgan fingerprint density at radius 1 is 1.31 bits per heavy atom. The maximum Gasteiger partial charge on any atom is 0.223 e. The number of nitrogens with one attached hydrogen (secondary N) is 1. The van der Waals surface area contributed by atoms with Crippen LogP contribution in [-0.2, 0) is 4.79 Å². The highest BCUT2D eigenvalue weighted by Crippen LogP contribution is 2.24. The fourth-order valence-corrected chi connectivity index (χ4v) is 1.68. The molecule has 0 aromatic heterocycles. The van der Waals surface area contributed by atoms with E-state index in [1.165, 1.54) is 12.8 Å². The Morgan fingerprint density at radius 2 is 1.85 bits per heavy atom. The van der Waals surface area contributed by atoms with Gasteiger partial charge in [0.1, 0.15) is 0 Å². The molecule has 0 bridgehead atoms. The van der Waals surface area contributed by atoms with Crippen molar-refractivity contribution in [2.24, 2.45) is 11.3 Å². The van der Waals surface area contributed by atoms with Crippen LogP contribution in [0.4, 0.5) is 0 Å². The van der Waals surface area contributed by atoms with E-state index >= 15 is 0 Å². The van der Waals surface area contributed by atoms with Crippen molar-refractivity contribution in [2.75, 3.05) is 6.54 Å². The normalized spacial score (nSPS) is 19.0. The molecule has 1 amide bonds. The van der Waals surface area contributed by atoms with Crippen molar-refractivity contribution in [1.82, 2.24) is 5.32 Å². The Balaban J connectivity index is 2.25. The first-order chi connectivity index (χ1) is 5.99. The van der Waals surface area contributed by atoms with Gasteiger partial charge in [0.25, 0.3) is 0 Å². The van der Waals surface area contributed by atoms with Gasteiger partial charge in [-0.1, -0.05) is 33.6 Å². The van der Waals surface area contributed by atoms with Crippen molar-refractivity contribution in [3.05, 3.63) is 0 Å². The summed E-state index contributed by atoms with van der Waals surface area (Å²) in [6.07, 6.45) is 4.65. The van der Waals surface area contributed by atoms with Gasteiger partial charge in [-0.2, -0.15) is 0 Å². The summed E-state index contributed by atoms with van der Waals surface area (Å²) >= 11 is 0. The fraction of sp³-hybridized carbons (Fsp3) is 0.909. The van der Waals surface area contributed by atoms with Crippen LogP contribution in [0.2, 0.25) is 0 Å². The molecule has 1 saturated carbocycles. The molecule has 76 valence electrons. The van der Waals surface area contributed by atoms with E-state index in [2.05, 4.69) is 26.1 Å². The van der Waals surface area contributed by atoms with Gasteiger partial charge >= 0.3 is 0 Å². The van der Waals surface area contributed by atoms with Gasteiger partial charge in [0.2, 0.25) is 5.91 Å². The second kappa shape index (κ2) is 4.12. The molecule has 0 heterocycles. The lowest BCUT2D eigenvalue weighted by Gasteiger charge is -2.20. The summed E-state index contributed by atoms with van der Waals surface area (Å²) < 4.78 is 0. The summed E-state index contributed by atoms with van der Waals surface area (Å²) in [6, 6.07) is 0. The average molecular weight is 183 g/mol. The van der Waals surface area contributed by atoms with Gasteiger partial charge in [-0.15, -0.1) is 0 Å². The zero-order valence-electron chi connectivity index (χ0n) is 9.02. The first-order valence-electron chi connectivity index (χ1n) is 5.27. The quantitative estimate of drug-likeness (QED) is 0.699. The molecule has 0 spiro atoms. The molecule has 1 aliphatic rings. The summed E-state index contributed by atoms with van der Waals surface area (Å²) in [6.45, 7) is 7.22. The predicted molar refractivity (Wildman–Crippen MR) is 54.4 cm³/mol. The monoisotopic (exact) mass is 183 g/mol. The number of hydrogen-bond donors (Lipinski definition) is 1. The Hall–Kier alpha value is -0.530. The predicted octanol–water partition coefficient (Wildman–Crippen LogP) is 2.34. The first kappa shape index (κ1) is 10.6. The van der Waals surface area contributed by atoms with E-state index < -0.39 is 0 Å². The van der Waals surface area contributed by atoms with E-state index in [1.807, 2.05) is 0 Å². The van der Waals surface area contributed by atoms with Crippen LogP contribution in [0, 0.1) is 11.3 Å². The summed E-state index contributed by atoms with van der Waals surface area (Å²) in [5.74, 6) is 0.578. The minimum absolute atomic E-state index is 0.203. The molecule has 0 saturated heterocycles. The Morgan fingerprint density at radius 3 is 2.31 bits per heavy atom. The van der Waals surface area contributed by atoms with Crippen LogP contribution in [0.1, 0.15) is 46.5 Å². The molecule has 0 atom stereocenters. The van der Waals surface area contributed by atoms with Crippen molar-refractivity contribution in [2.45, 2.75) is 46.5 Å². The first-order valence-corrected chi connectivity index (χ1v) is 5.27. The molecule has 0 aromatic rings. The van der Waals surface area contributed by atoms with Crippen molar-refractivity contribution in [3.63, 3.8) is 0 Å². The lowest BCUT2D eigenvalue weighted by Crippen LogP contribution is -2.35. The minimum Gasteiger partial charge on any atom is -0.355 e. The number of carbonyl (C=O) groups is 1. The maximum atomic E-state index is 11.6. The van der Waals surface area contributed by atoms with Crippen LogP contribution in [0.15, 0.2) is 0 Å². The van der Waals surface area contributed by atoms with Gasteiger partial charge < -0.3 is 5.32 Å². The molecular formula is C11H21NO. The topological polar surface area (TPSA) is 29.1 Å². The van der Waals surface area contributed by atoms with Crippen molar-refractivity contribution >= 4 is 5.91 Å². The third-order valence-electron chi connectivity index (χ3n) is 2.52. The second-order valence-electron chi connectivity index (χ2n) is 5.26. The summed E-state index contributed by atoms with van der Waals surface area (Å²) in [5, 5.41) is 3.03. The third kappa shape index (κ3) is 3.79. The highest BCUT2D eigenvalue weighted by Gasteiger charge is 2.23. The number of rotatable bonds is 2. The van der Waals surface area contributed by atoms with Crippen molar-refractivity contribution in [1.29, 1.82) is 0 Å². The van der Waals surface area contributed by atoms with Gasteiger partial charge in [0.15, 0.2) is 0 Å². The van der Waals surface area contributed by atoms with Gasteiger partial charge in [0.05, 0.1) is 0 Å². The molecule has 0 unspecified atom stereocenters. The maximum absolute atomic E-state index is 11.6.